The van der Waals surface area contributed by atoms with Crippen molar-refractivity contribution in [3.05, 3.63) is 65.9 Å². The first-order chi connectivity index (χ1) is 13.6. The Morgan fingerprint density at radius 1 is 1.04 bits per heavy atom. The van der Waals surface area contributed by atoms with Crippen molar-refractivity contribution in [1.29, 1.82) is 0 Å². The third-order valence-corrected chi connectivity index (χ3v) is 5.35. The van der Waals surface area contributed by atoms with Crippen molar-refractivity contribution >= 4 is 16.8 Å². The molecular weight excluding hydrogens is 350 g/mol. The molecular formula is C22H27N5O. The monoisotopic (exact) mass is 377 g/mol. The number of rotatable bonds is 4. The molecule has 1 unspecified atom stereocenters. The number of benzene rings is 2. The van der Waals surface area contributed by atoms with Gasteiger partial charge in [-0.2, -0.15) is 5.10 Å². The summed E-state index contributed by atoms with van der Waals surface area (Å²) in [7, 11) is 3.94. The third kappa shape index (κ3) is 4.08. The van der Waals surface area contributed by atoms with Crippen molar-refractivity contribution in [3.63, 3.8) is 0 Å². The minimum atomic E-state index is -0.0591. The molecule has 6 nitrogen and oxygen atoms in total. The molecule has 1 aliphatic rings. The number of carbonyl (C=O) groups excluding carboxylic acids is 1. The quantitative estimate of drug-likeness (QED) is 0.757. The van der Waals surface area contributed by atoms with Crippen LogP contribution in [-0.4, -0.2) is 64.8 Å². The first-order valence-electron chi connectivity index (χ1n) is 9.77. The molecule has 1 aromatic heterocycles. The lowest BCUT2D eigenvalue weighted by molar-refractivity contribution is 0.0916. The van der Waals surface area contributed by atoms with E-state index in [-0.39, 0.29) is 11.9 Å². The maximum absolute atomic E-state index is 13.1. The maximum Gasteiger partial charge on any atom is 0.270 e. The highest BCUT2D eigenvalue weighted by atomic mass is 16.2. The van der Waals surface area contributed by atoms with E-state index in [9.17, 15) is 4.79 Å². The van der Waals surface area contributed by atoms with Gasteiger partial charge in [-0.15, -0.1) is 0 Å². The number of hydrogen-bond acceptors (Lipinski definition) is 4. The second-order valence-corrected chi connectivity index (χ2v) is 7.64. The molecule has 146 valence electrons. The standard InChI is InChI=1S/C22H27N5O/c1-25-12-13-27(14-17-8-4-3-5-9-17)16-18(15-25)23-22(28)21-19-10-6-7-11-20(19)24-26(21)2/h3-11,18H,12-16H2,1-2H3,(H,23,28). The van der Waals surface area contributed by atoms with Gasteiger partial charge in [-0.05, 0) is 18.7 Å². The summed E-state index contributed by atoms with van der Waals surface area (Å²) in [6, 6.07) is 18.4. The van der Waals surface area contributed by atoms with Gasteiger partial charge in [-0.25, -0.2) is 0 Å². The number of nitrogens with one attached hydrogen (secondary N) is 1. The predicted octanol–water partition coefficient (Wildman–Crippen LogP) is 2.12. The average molecular weight is 377 g/mol. The molecule has 1 amide bonds. The Kier molecular flexibility index (Phi) is 5.41. The van der Waals surface area contributed by atoms with Gasteiger partial charge >= 0.3 is 0 Å². The van der Waals surface area contributed by atoms with Crippen LogP contribution in [0.15, 0.2) is 54.6 Å². The number of hydrogen-bond donors (Lipinski definition) is 1. The van der Waals surface area contributed by atoms with Gasteiger partial charge < -0.3 is 10.2 Å². The van der Waals surface area contributed by atoms with Gasteiger partial charge in [0.05, 0.1) is 11.6 Å². The molecule has 1 aliphatic heterocycles. The summed E-state index contributed by atoms with van der Waals surface area (Å²) < 4.78 is 1.68. The number of likely N-dealkylation sites (N-methyl/N-ethyl adjacent to an activating group) is 1. The molecule has 3 aromatic rings. The minimum absolute atomic E-state index is 0.0591. The number of fused-ring (bicyclic) bond motifs is 1. The highest BCUT2D eigenvalue weighted by Crippen LogP contribution is 2.17. The van der Waals surface area contributed by atoms with Crippen molar-refractivity contribution in [2.45, 2.75) is 12.6 Å². The van der Waals surface area contributed by atoms with Gasteiger partial charge in [0.2, 0.25) is 0 Å². The van der Waals surface area contributed by atoms with Crippen LogP contribution in [0.4, 0.5) is 0 Å². The smallest absolute Gasteiger partial charge is 0.270 e. The Balaban J connectivity index is 1.50. The van der Waals surface area contributed by atoms with E-state index in [0.717, 1.165) is 43.6 Å². The van der Waals surface area contributed by atoms with Crippen molar-refractivity contribution in [2.24, 2.45) is 7.05 Å². The predicted molar refractivity (Wildman–Crippen MR) is 111 cm³/mol. The number of amides is 1. The van der Waals surface area contributed by atoms with Crippen LogP contribution in [0, 0.1) is 0 Å². The van der Waals surface area contributed by atoms with Crippen LogP contribution in [0.25, 0.3) is 10.9 Å². The molecule has 6 heteroatoms. The van der Waals surface area contributed by atoms with E-state index in [1.807, 2.05) is 37.4 Å². The third-order valence-electron chi connectivity index (χ3n) is 5.35. The molecule has 1 N–H and O–H groups in total. The molecule has 28 heavy (non-hydrogen) atoms. The lowest BCUT2D eigenvalue weighted by Gasteiger charge is -2.25. The lowest BCUT2D eigenvalue weighted by atomic mass is 10.1. The van der Waals surface area contributed by atoms with Gasteiger partial charge in [0.25, 0.3) is 5.91 Å². The molecule has 0 radical (unpaired) electrons. The van der Waals surface area contributed by atoms with Gasteiger partial charge in [0.1, 0.15) is 5.69 Å². The van der Waals surface area contributed by atoms with E-state index >= 15 is 0 Å². The van der Waals surface area contributed by atoms with E-state index in [1.54, 1.807) is 4.68 Å². The zero-order chi connectivity index (χ0) is 19.5. The summed E-state index contributed by atoms with van der Waals surface area (Å²) in [6.45, 7) is 4.56. The fourth-order valence-corrected chi connectivity index (χ4v) is 3.99. The zero-order valence-corrected chi connectivity index (χ0v) is 16.5. The molecule has 0 spiro atoms. The van der Waals surface area contributed by atoms with E-state index in [4.69, 9.17) is 0 Å². The Bertz CT molecular complexity index is 952. The minimum Gasteiger partial charge on any atom is -0.345 e. The van der Waals surface area contributed by atoms with Crippen LogP contribution in [0.2, 0.25) is 0 Å². The van der Waals surface area contributed by atoms with Crippen LogP contribution >= 0.6 is 0 Å². The van der Waals surface area contributed by atoms with Gasteiger partial charge in [-0.3, -0.25) is 14.4 Å². The fraction of sp³-hybridized carbons (Fsp3) is 0.364. The largest absolute Gasteiger partial charge is 0.345 e. The van der Waals surface area contributed by atoms with Gasteiger partial charge in [0, 0.05) is 45.2 Å². The number of carbonyl (C=O) groups is 1. The molecule has 2 heterocycles. The fourth-order valence-electron chi connectivity index (χ4n) is 3.99. The normalized spacial score (nSPS) is 18.9. The van der Waals surface area contributed by atoms with Crippen molar-refractivity contribution in [2.75, 3.05) is 33.2 Å². The molecule has 1 saturated heterocycles. The van der Waals surface area contributed by atoms with Crippen LogP contribution in [0.5, 0.6) is 0 Å². The van der Waals surface area contributed by atoms with Crippen LogP contribution in [0.3, 0.4) is 0 Å². The Morgan fingerprint density at radius 2 is 1.79 bits per heavy atom. The molecule has 0 saturated carbocycles. The second-order valence-electron chi connectivity index (χ2n) is 7.64. The Labute approximate surface area is 165 Å². The Morgan fingerprint density at radius 3 is 2.61 bits per heavy atom. The average Bonchev–Trinajstić information content (AvgIpc) is 2.92. The summed E-state index contributed by atoms with van der Waals surface area (Å²) in [6.07, 6.45) is 0. The van der Waals surface area contributed by atoms with Crippen molar-refractivity contribution in [1.82, 2.24) is 24.9 Å². The summed E-state index contributed by atoms with van der Waals surface area (Å²) in [5, 5.41) is 8.62. The molecule has 2 aromatic carbocycles. The molecule has 0 bridgehead atoms. The Hall–Kier alpha value is -2.70. The van der Waals surface area contributed by atoms with Gasteiger partial charge in [-0.1, -0.05) is 48.5 Å². The number of nitrogens with zero attached hydrogens (tertiary/aromatic N) is 4. The highest BCUT2D eigenvalue weighted by Gasteiger charge is 2.25. The number of aryl methyl sites for hydroxylation is 1. The van der Waals surface area contributed by atoms with Crippen molar-refractivity contribution in [3.8, 4) is 0 Å². The van der Waals surface area contributed by atoms with E-state index < -0.39 is 0 Å². The lowest BCUT2D eigenvalue weighted by Crippen LogP contribution is -2.46. The summed E-state index contributed by atoms with van der Waals surface area (Å²) >= 11 is 0. The molecule has 0 aliphatic carbocycles. The SMILES string of the molecule is CN1CCN(Cc2ccccc2)CC(NC(=O)c2c3ccccc3nn2C)C1. The van der Waals surface area contributed by atoms with E-state index in [1.165, 1.54) is 5.56 Å². The van der Waals surface area contributed by atoms with Crippen LogP contribution < -0.4 is 5.32 Å². The highest BCUT2D eigenvalue weighted by molar-refractivity contribution is 6.05. The molecule has 1 fully saturated rings. The van der Waals surface area contributed by atoms with Crippen LogP contribution in [0.1, 0.15) is 16.1 Å². The maximum atomic E-state index is 13.1. The number of aromatic nitrogens is 2. The topological polar surface area (TPSA) is 53.4 Å². The van der Waals surface area contributed by atoms with Gasteiger partial charge in [0.15, 0.2) is 0 Å². The first-order valence-corrected chi connectivity index (χ1v) is 9.77. The second kappa shape index (κ2) is 8.12. The van der Waals surface area contributed by atoms with Crippen molar-refractivity contribution < 1.29 is 4.79 Å². The molecule has 1 atom stereocenters. The molecule has 4 rings (SSSR count). The van der Waals surface area contributed by atoms with Crippen LogP contribution in [-0.2, 0) is 13.6 Å². The summed E-state index contributed by atoms with van der Waals surface area (Å²) in [5.41, 5.74) is 2.77. The first kappa shape index (κ1) is 18.7. The summed E-state index contributed by atoms with van der Waals surface area (Å²) in [4.78, 5) is 17.8. The zero-order valence-electron chi connectivity index (χ0n) is 16.5. The summed E-state index contributed by atoms with van der Waals surface area (Å²) in [5.74, 6) is -0.0591. The van der Waals surface area contributed by atoms with E-state index in [0.29, 0.717) is 5.69 Å². The van der Waals surface area contributed by atoms with E-state index in [2.05, 4.69) is 51.5 Å².